The Bertz CT molecular complexity index is 226. The zero-order valence-electron chi connectivity index (χ0n) is 6.98. The minimum atomic E-state index is 0.128. The molecular weight excluding hydrogens is 138 g/mol. The third-order valence-electron chi connectivity index (χ3n) is 1.88. The fourth-order valence-electron chi connectivity index (χ4n) is 1.23. The van der Waals surface area contributed by atoms with Crippen molar-refractivity contribution in [2.24, 2.45) is 0 Å². The lowest BCUT2D eigenvalue weighted by molar-refractivity contribution is -0.120. The number of carbonyl (C=O) groups excluding carboxylic acids is 1. The van der Waals surface area contributed by atoms with Gasteiger partial charge in [0.15, 0.2) is 0 Å². The van der Waals surface area contributed by atoms with E-state index < -0.39 is 0 Å². The molecule has 0 aromatic rings. The van der Waals surface area contributed by atoms with E-state index in [2.05, 4.69) is 11.4 Å². The Labute approximate surface area is 67.0 Å². The second kappa shape index (κ2) is 3.37. The molecule has 1 N–H and O–H groups in total. The molecule has 0 atom stereocenters. The minimum absolute atomic E-state index is 0.128. The van der Waals surface area contributed by atoms with E-state index in [0.717, 1.165) is 12.1 Å². The maximum Gasteiger partial charge on any atom is 0.224 e. The SMILES string of the molecule is C/C=C1/CCC(=O)N/C1=C/C. The van der Waals surface area contributed by atoms with Gasteiger partial charge in [0.25, 0.3) is 0 Å². The summed E-state index contributed by atoms with van der Waals surface area (Å²) in [5.74, 6) is 0.128. The number of hydrogen-bond donors (Lipinski definition) is 1. The summed E-state index contributed by atoms with van der Waals surface area (Å²) >= 11 is 0. The van der Waals surface area contributed by atoms with Gasteiger partial charge in [-0.15, -0.1) is 0 Å². The van der Waals surface area contributed by atoms with Crippen molar-refractivity contribution in [3.63, 3.8) is 0 Å². The topological polar surface area (TPSA) is 29.1 Å². The van der Waals surface area contributed by atoms with Gasteiger partial charge in [-0.2, -0.15) is 0 Å². The van der Waals surface area contributed by atoms with Crippen LogP contribution in [0, 0.1) is 0 Å². The van der Waals surface area contributed by atoms with Crippen molar-refractivity contribution >= 4 is 5.91 Å². The molecule has 11 heavy (non-hydrogen) atoms. The molecule has 0 spiro atoms. The molecule has 2 nitrogen and oxygen atoms in total. The van der Waals surface area contributed by atoms with Crippen LogP contribution in [0.2, 0.25) is 0 Å². The van der Waals surface area contributed by atoms with Gasteiger partial charge >= 0.3 is 0 Å². The molecule has 1 aliphatic heterocycles. The highest BCUT2D eigenvalue weighted by molar-refractivity contribution is 5.81. The lowest BCUT2D eigenvalue weighted by Gasteiger charge is -2.18. The Hall–Kier alpha value is -1.05. The average molecular weight is 151 g/mol. The summed E-state index contributed by atoms with van der Waals surface area (Å²) in [6, 6.07) is 0. The molecule has 1 rings (SSSR count). The summed E-state index contributed by atoms with van der Waals surface area (Å²) in [6.07, 6.45) is 5.49. The third kappa shape index (κ3) is 1.70. The van der Waals surface area contributed by atoms with Crippen LogP contribution in [0.4, 0.5) is 0 Å². The largest absolute Gasteiger partial charge is 0.326 e. The average Bonchev–Trinajstić information content (AvgIpc) is 2.04. The first kappa shape index (κ1) is 8.05. The van der Waals surface area contributed by atoms with Gasteiger partial charge in [-0.05, 0) is 25.8 Å². The van der Waals surface area contributed by atoms with E-state index in [1.165, 1.54) is 5.57 Å². The molecular formula is C9H13NO. The second-order valence-corrected chi connectivity index (χ2v) is 2.56. The summed E-state index contributed by atoms with van der Waals surface area (Å²) in [5, 5.41) is 2.82. The van der Waals surface area contributed by atoms with Crippen LogP contribution in [-0.2, 0) is 4.79 Å². The van der Waals surface area contributed by atoms with Crippen LogP contribution in [0.15, 0.2) is 23.4 Å². The number of amides is 1. The van der Waals surface area contributed by atoms with Crippen LogP contribution in [0.1, 0.15) is 26.7 Å². The molecule has 0 saturated carbocycles. The van der Waals surface area contributed by atoms with E-state index in [-0.39, 0.29) is 5.91 Å². The summed E-state index contributed by atoms with van der Waals surface area (Å²) < 4.78 is 0. The number of allylic oxidation sites excluding steroid dienone is 3. The van der Waals surface area contributed by atoms with Crippen LogP contribution in [0.5, 0.6) is 0 Å². The van der Waals surface area contributed by atoms with Crippen molar-refractivity contribution in [1.29, 1.82) is 0 Å². The van der Waals surface area contributed by atoms with Crippen LogP contribution in [-0.4, -0.2) is 5.91 Å². The predicted molar refractivity (Wildman–Crippen MR) is 44.9 cm³/mol. The zero-order chi connectivity index (χ0) is 8.27. The smallest absolute Gasteiger partial charge is 0.224 e. The standard InChI is InChI=1S/C9H13NO/c1-3-7-5-6-9(11)10-8(7)4-2/h3-4H,5-6H2,1-2H3,(H,10,11)/b7-3-,8-4+. The van der Waals surface area contributed by atoms with Crippen molar-refractivity contribution in [1.82, 2.24) is 5.32 Å². The van der Waals surface area contributed by atoms with Crippen LogP contribution in [0.3, 0.4) is 0 Å². The highest BCUT2D eigenvalue weighted by Gasteiger charge is 2.14. The molecule has 60 valence electrons. The van der Waals surface area contributed by atoms with Gasteiger partial charge in [0, 0.05) is 12.1 Å². The van der Waals surface area contributed by atoms with Gasteiger partial charge in [-0.1, -0.05) is 12.2 Å². The van der Waals surface area contributed by atoms with E-state index in [1.807, 2.05) is 19.9 Å². The van der Waals surface area contributed by atoms with Crippen molar-refractivity contribution in [2.75, 3.05) is 0 Å². The lowest BCUT2D eigenvalue weighted by Crippen LogP contribution is -2.28. The maximum atomic E-state index is 10.9. The van der Waals surface area contributed by atoms with Crippen molar-refractivity contribution in [3.8, 4) is 0 Å². The molecule has 1 aliphatic rings. The van der Waals surface area contributed by atoms with Crippen molar-refractivity contribution in [3.05, 3.63) is 23.4 Å². The van der Waals surface area contributed by atoms with Crippen LogP contribution < -0.4 is 5.32 Å². The molecule has 0 bridgehead atoms. The molecule has 0 unspecified atom stereocenters. The lowest BCUT2D eigenvalue weighted by atomic mass is 10.0. The number of hydrogen-bond acceptors (Lipinski definition) is 1. The highest BCUT2D eigenvalue weighted by Crippen LogP contribution is 2.18. The Morgan fingerprint density at radius 3 is 2.55 bits per heavy atom. The van der Waals surface area contributed by atoms with E-state index in [0.29, 0.717) is 6.42 Å². The molecule has 1 saturated heterocycles. The fourth-order valence-corrected chi connectivity index (χ4v) is 1.23. The van der Waals surface area contributed by atoms with Gasteiger partial charge in [-0.25, -0.2) is 0 Å². The van der Waals surface area contributed by atoms with Crippen LogP contribution >= 0.6 is 0 Å². The van der Waals surface area contributed by atoms with E-state index in [1.54, 1.807) is 0 Å². The van der Waals surface area contributed by atoms with Gasteiger partial charge in [0.1, 0.15) is 0 Å². The molecule has 2 heteroatoms. The van der Waals surface area contributed by atoms with E-state index >= 15 is 0 Å². The van der Waals surface area contributed by atoms with Crippen molar-refractivity contribution < 1.29 is 4.79 Å². The third-order valence-corrected chi connectivity index (χ3v) is 1.88. The molecule has 1 amide bonds. The van der Waals surface area contributed by atoms with E-state index in [4.69, 9.17) is 0 Å². The first-order valence-electron chi connectivity index (χ1n) is 3.89. The zero-order valence-corrected chi connectivity index (χ0v) is 6.98. The van der Waals surface area contributed by atoms with Gasteiger partial charge in [0.05, 0.1) is 0 Å². The van der Waals surface area contributed by atoms with Gasteiger partial charge in [0.2, 0.25) is 5.91 Å². The fraction of sp³-hybridized carbons (Fsp3) is 0.444. The normalized spacial score (nSPS) is 25.8. The first-order valence-corrected chi connectivity index (χ1v) is 3.89. The minimum Gasteiger partial charge on any atom is -0.326 e. The Morgan fingerprint density at radius 1 is 1.27 bits per heavy atom. The Morgan fingerprint density at radius 2 is 2.00 bits per heavy atom. The summed E-state index contributed by atoms with van der Waals surface area (Å²) in [5.41, 5.74) is 2.22. The van der Waals surface area contributed by atoms with Crippen LogP contribution in [0.25, 0.3) is 0 Å². The molecule has 0 radical (unpaired) electrons. The molecule has 0 aromatic heterocycles. The first-order chi connectivity index (χ1) is 5.27. The number of rotatable bonds is 0. The summed E-state index contributed by atoms with van der Waals surface area (Å²) in [6.45, 7) is 3.93. The second-order valence-electron chi connectivity index (χ2n) is 2.56. The molecule has 0 aliphatic carbocycles. The maximum absolute atomic E-state index is 10.9. The Balaban J connectivity index is 2.79. The monoisotopic (exact) mass is 151 g/mol. The predicted octanol–water partition coefficient (Wildman–Crippen LogP) is 1.75. The van der Waals surface area contributed by atoms with E-state index in [9.17, 15) is 4.79 Å². The highest BCUT2D eigenvalue weighted by atomic mass is 16.1. The molecule has 1 fully saturated rings. The quantitative estimate of drug-likeness (QED) is 0.561. The number of nitrogens with one attached hydrogen (secondary N) is 1. The summed E-state index contributed by atoms with van der Waals surface area (Å²) in [7, 11) is 0. The van der Waals surface area contributed by atoms with Gasteiger partial charge in [-0.3, -0.25) is 4.79 Å². The Kier molecular flexibility index (Phi) is 2.47. The van der Waals surface area contributed by atoms with Crippen molar-refractivity contribution in [2.45, 2.75) is 26.7 Å². The van der Waals surface area contributed by atoms with Gasteiger partial charge < -0.3 is 5.32 Å². The number of carbonyl (C=O) groups is 1. The molecule has 1 heterocycles. The number of piperidine rings is 1. The molecule has 0 aromatic carbocycles. The summed E-state index contributed by atoms with van der Waals surface area (Å²) in [4.78, 5) is 10.9.